The zero-order valence-electron chi connectivity index (χ0n) is 9.58. The molecule has 0 amide bonds. The number of hydrogen-bond donors (Lipinski definition) is 2. The quantitative estimate of drug-likeness (QED) is 0.431. The second-order valence-electron chi connectivity index (χ2n) is 3.76. The molecule has 0 aliphatic carbocycles. The van der Waals surface area contributed by atoms with Crippen molar-refractivity contribution < 1.29 is 4.79 Å². The summed E-state index contributed by atoms with van der Waals surface area (Å²) < 4.78 is 0.320. The van der Waals surface area contributed by atoms with Crippen LogP contribution in [0.1, 0.15) is 10.4 Å². The number of hydrogen-bond acceptors (Lipinski definition) is 5. The van der Waals surface area contributed by atoms with Crippen molar-refractivity contribution in [3.8, 4) is 0 Å². The molecule has 0 aliphatic rings. The summed E-state index contributed by atoms with van der Waals surface area (Å²) in [6.45, 7) is 0. The van der Waals surface area contributed by atoms with Crippen LogP contribution in [-0.4, -0.2) is 25.3 Å². The lowest BCUT2D eigenvalue weighted by molar-refractivity contribution is 0.108. The van der Waals surface area contributed by atoms with E-state index in [2.05, 4.69) is 20.2 Å². The zero-order chi connectivity index (χ0) is 13.2. The fraction of sp³-hybridized carbons (Fsp3) is 0. The van der Waals surface area contributed by atoms with E-state index in [1.165, 1.54) is 0 Å². The Hall–Kier alpha value is -1.99. The van der Waals surface area contributed by atoms with Crippen LogP contribution in [0.2, 0.25) is 0 Å². The van der Waals surface area contributed by atoms with Gasteiger partial charge in [-0.15, -0.1) is 0 Å². The van der Waals surface area contributed by atoms with Crippen molar-refractivity contribution >= 4 is 40.1 Å². The lowest BCUT2D eigenvalue weighted by Crippen LogP contribution is -1.95. The first-order valence-corrected chi connectivity index (χ1v) is 6.67. The number of nitrogens with zero attached hydrogens (tertiary/aromatic N) is 2. The summed E-state index contributed by atoms with van der Waals surface area (Å²) in [6.07, 6.45) is 1.62. The number of fused-ring (bicyclic) bond motifs is 1. The molecule has 0 fully saturated rings. The zero-order valence-corrected chi connectivity index (χ0v) is 11.2. The smallest absolute Gasteiger partial charge is 0.225 e. The molecule has 0 bridgehead atoms. The van der Waals surface area contributed by atoms with Gasteiger partial charge in [0.25, 0.3) is 0 Å². The average Bonchev–Trinajstić information content (AvgIpc) is 2.88. The molecule has 0 radical (unpaired) electrons. The summed E-state index contributed by atoms with van der Waals surface area (Å²) in [6, 6.07) is 9.06. The maximum absolute atomic E-state index is 12.1. The molecule has 0 saturated heterocycles. The Morgan fingerprint density at radius 3 is 2.84 bits per heavy atom. The second kappa shape index (κ2) is 4.94. The van der Waals surface area contributed by atoms with Gasteiger partial charge in [0.15, 0.2) is 4.77 Å². The van der Waals surface area contributed by atoms with E-state index in [0.29, 0.717) is 21.0 Å². The number of H-pyrrole nitrogens is 2. The molecule has 2 N–H and O–H groups in total. The van der Waals surface area contributed by atoms with Gasteiger partial charge in [-0.3, -0.25) is 9.89 Å². The van der Waals surface area contributed by atoms with E-state index in [1.54, 1.807) is 18.3 Å². The van der Waals surface area contributed by atoms with Gasteiger partial charge in [0.1, 0.15) is 10.7 Å². The number of aromatic amines is 2. The highest BCUT2D eigenvalue weighted by molar-refractivity contribution is 8.14. The summed E-state index contributed by atoms with van der Waals surface area (Å²) in [7, 11) is 0. The third kappa shape index (κ3) is 2.42. The number of nitrogens with one attached hydrogen (secondary N) is 2. The third-order valence-corrected chi connectivity index (χ3v) is 3.62. The Morgan fingerprint density at radius 1 is 1.26 bits per heavy atom. The minimum atomic E-state index is -0.0730. The van der Waals surface area contributed by atoms with Gasteiger partial charge in [0.05, 0.1) is 11.6 Å². The van der Waals surface area contributed by atoms with E-state index in [0.717, 1.165) is 17.1 Å². The maximum atomic E-state index is 12.1. The molecule has 19 heavy (non-hydrogen) atoms. The van der Waals surface area contributed by atoms with Gasteiger partial charge < -0.3 is 4.98 Å². The van der Waals surface area contributed by atoms with Crippen LogP contribution < -0.4 is 0 Å². The number of rotatable bonds is 2. The minimum absolute atomic E-state index is 0.0730. The van der Waals surface area contributed by atoms with Crippen LogP contribution >= 0.6 is 24.0 Å². The molecule has 2 aromatic heterocycles. The number of thioether (sulfide) groups is 1. The van der Waals surface area contributed by atoms with Crippen molar-refractivity contribution in [1.82, 2.24) is 20.2 Å². The van der Waals surface area contributed by atoms with E-state index in [-0.39, 0.29) is 5.12 Å². The van der Waals surface area contributed by atoms with Crippen LogP contribution in [0.5, 0.6) is 0 Å². The van der Waals surface area contributed by atoms with Gasteiger partial charge in [0, 0.05) is 5.56 Å². The second-order valence-corrected chi connectivity index (χ2v) is 5.11. The summed E-state index contributed by atoms with van der Waals surface area (Å²) in [4.78, 5) is 19.2. The number of carbonyl (C=O) groups excluding carboxylic acids is 1. The predicted octanol–water partition coefficient (Wildman–Crippen LogP) is 2.95. The Kier molecular flexibility index (Phi) is 3.14. The number of aromatic nitrogens is 4. The molecule has 0 unspecified atom stereocenters. The molecule has 0 spiro atoms. The van der Waals surface area contributed by atoms with Gasteiger partial charge in [-0.25, -0.2) is 4.98 Å². The third-order valence-electron chi connectivity index (χ3n) is 2.50. The van der Waals surface area contributed by atoms with E-state index in [1.807, 2.05) is 18.2 Å². The van der Waals surface area contributed by atoms with Crippen molar-refractivity contribution in [2.24, 2.45) is 0 Å². The molecule has 0 atom stereocenters. The van der Waals surface area contributed by atoms with Crippen LogP contribution in [-0.2, 0) is 0 Å². The normalized spacial score (nSPS) is 10.7. The molecule has 94 valence electrons. The topological polar surface area (TPSA) is 74.4 Å². The lowest BCUT2D eigenvalue weighted by atomic mass is 10.2. The van der Waals surface area contributed by atoms with Crippen LogP contribution in [0.25, 0.3) is 11.0 Å². The van der Waals surface area contributed by atoms with Crippen molar-refractivity contribution in [2.45, 2.75) is 5.03 Å². The molecule has 1 aromatic carbocycles. The van der Waals surface area contributed by atoms with Gasteiger partial charge in [-0.05, 0) is 24.0 Å². The Bertz CT molecular complexity index is 794. The Balaban J connectivity index is 2.00. The number of benzene rings is 1. The van der Waals surface area contributed by atoms with Gasteiger partial charge in [-0.1, -0.05) is 30.3 Å². The van der Waals surface area contributed by atoms with Crippen LogP contribution in [0.3, 0.4) is 0 Å². The molecule has 7 heteroatoms. The summed E-state index contributed by atoms with van der Waals surface area (Å²) >= 11 is 6.07. The highest BCUT2D eigenvalue weighted by Gasteiger charge is 2.13. The average molecular weight is 288 g/mol. The fourth-order valence-corrected chi connectivity index (χ4v) is 2.71. The highest BCUT2D eigenvalue weighted by atomic mass is 32.2. The molecular weight excluding hydrogens is 280 g/mol. The SMILES string of the molecule is O=C(Sc1nc(=S)[nH]c2[nH]ncc12)c1ccccc1. The monoisotopic (exact) mass is 288 g/mol. The predicted molar refractivity (Wildman–Crippen MR) is 75.7 cm³/mol. The van der Waals surface area contributed by atoms with Crippen molar-refractivity contribution in [2.75, 3.05) is 0 Å². The van der Waals surface area contributed by atoms with Gasteiger partial charge in [0.2, 0.25) is 5.12 Å². The first-order chi connectivity index (χ1) is 9.24. The summed E-state index contributed by atoms with van der Waals surface area (Å²) in [5.74, 6) is 0. The summed E-state index contributed by atoms with van der Waals surface area (Å²) in [5.41, 5.74) is 1.30. The van der Waals surface area contributed by atoms with Crippen molar-refractivity contribution in [1.29, 1.82) is 0 Å². The van der Waals surface area contributed by atoms with Crippen LogP contribution in [0.4, 0.5) is 0 Å². The maximum Gasteiger partial charge on any atom is 0.225 e. The van der Waals surface area contributed by atoms with Crippen LogP contribution in [0.15, 0.2) is 41.6 Å². The molecule has 0 saturated carbocycles. The first-order valence-electron chi connectivity index (χ1n) is 5.44. The molecule has 0 aliphatic heterocycles. The van der Waals surface area contributed by atoms with Crippen LogP contribution in [0, 0.1) is 4.77 Å². The molecule has 3 rings (SSSR count). The minimum Gasteiger partial charge on any atom is -0.315 e. The molecule has 2 heterocycles. The lowest BCUT2D eigenvalue weighted by Gasteiger charge is -2.01. The highest BCUT2D eigenvalue weighted by Crippen LogP contribution is 2.26. The van der Waals surface area contributed by atoms with Crippen molar-refractivity contribution in [3.05, 3.63) is 46.9 Å². The largest absolute Gasteiger partial charge is 0.315 e. The first kappa shape index (κ1) is 12.1. The van der Waals surface area contributed by atoms with Gasteiger partial charge in [-0.2, -0.15) is 5.10 Å². The number of carbonyl (C=O) groups is 1. The van der Waals surface area contributed by atoms with E-state index in [4.69, 9.17) is 12.2 Å². The molecule has 3 aromatic rings. The molecule has 5 nitrogen and oxygen atoms in total. The Morgan fingerprint density at radius 2 is 2.05 bits per heavy atom. The standard InChI is InChI=1S/C12H8N4OS2/c17-11(7-4-2-1-3-5-7)19-10-8-6-13-16-9(8)14-12(18)15-10/h1-6H,(H2,13,14,15,16,18). The van der Waals surface area contributed by atoms with E-state index in [9.17, 15) is 4.79 Å². The summed E-state index contributed by atoms with van der Waals surface area (Å²) in [5, 5.41) is 7.93. The van der Waals surface area contributed by atoms with Gasteiger partial charge >= 0.3 is 0 Å². The molecular formula is C12H8N4OS2. The van der Waals surface area contributed by atoms with E-state index >= 15 is 0 Å². The van der Waals surface area contributed by atoms with Crippen molar-refractivity contribution in [3.63, 3.8) is 0 Å². The van der Waals surface area contributed by atoms with E-state index < -0.39 is 0 Å². The Labute approximate surface area is 117 Å². The fourth-order valence-electron chi connectivity index (χ4n) is 1.63.